The van der Waals surface area contributed by atoms with Crippen molar-refractivity contribution >= 4 is 5.91 Å². The Kier molecular flexibility index (Phi) is 8.23. The smallest absolute Gasteiger partial charge is 0.251 e. The maximum atomic E-state index is 12.7. The fourth-order valence-electron chi connectivity index (χ4n) is 3.36. The van der Waals surface area contributed by atoms with Crippen LogP contribution in [0.3, 0.4) is 0 Å². The van der Waals surface area contributed by atoms with Crippen molar-refractivity contribution in [2.75, 3.05) is 39.5 Å². The number of ether oxygens (including phenoxy) is 3. The summed E-state index contributed by atoms with van der Waals surface area (Å²) in [6.45, 7) is 14.5. The number of benzene rings is 1. The van der Waals surface area contributed by atoms with Crippen molar-refractivity contribution < 1.29 is 19.0 Å². The Morgan fingerprint density at radius 3 is 2.19 bits per heavy atom. The molecule has 0 bridgehead atoms. The standard InChI is InChI=1S/C21H34N2O4/c1-6-25-18-11-17(12-19(26-7-2)20(18)27-8-3)21(24)22-13-16-9-10-23(14-16)15(4)5/h11-12,15-16H,6-10,13-14H2,1-5H3,(H,22,24). The van der Waals surface area contributed by atoms with Crippen LogP contribution in [-0.2, 0) is 0 Å². The first-order valence-electron chi connectivity index (χ1n) is 10.1. The van der Waals surface area contributed by atoms with Gasteiger partial charge in [0.2, 0.25) is 5.75 Å². The zero-order chi connectivity index (χ0) is 19.8. The second-order valence-electron chi connectivity index (χ2n) is 7.05. The van der Waals surface area contributed by atoms with Crippen LogP contribution in [0.25, 0.3) is 0 Å². The van der Waals surface area contributed by atoms with E-state index in [1.807, 2.05) is 20.8 Å². The Labute approximate surface area is 163 Å². The van der Waals surface area contributed by atoms with E-state index in [9.17, 15) is 4.79 Å². The van der Waals surface area contributed by atoms with Gasteiger partial charge in [-0.05, 0) is 65.6 Å². The number of carbonyl (C=O) groups excluding carboxylic acids is 1. The van der Waals surface area contributed by atoms with Crippen molar-refractivity contribution in [1.82, 2.24) is 10.2 Å². The van der Waals surface area contributed by atoms with Gasteiger partial charge in [0.15, 0.2) is 11.5 Å². The third kappa shape index (κ3) is 5.76. The number of nitrogens with one attached hydrogen (secondary N) is 1. The zero-order valence-corrected chi connectivity index (χ0v) is 17.3. The van der Waals surface area contributed by atoms with Gasteiger partial charge in [0.05, 0.1) is 19.8 Å². The summed E-state index contributed by atoms with van der Waals surface area (Å²) in [5, 5.41) is 3.07. The van der Waals surface area contributed by atoms with Crippen LogP contribution in [0.2, 0.25) is 0 Å². The van der Waals surface area contributed by atoms with Crippen LogP contribution >= 0.6 is 0 Å². The first-order valence-corrected chi connectivity index (χ1v) is 10.1. The lowest BCUT2D eigenvalue weighted by Crippen LogP contribution is -2.33. The summed E-state index contributed by atoms with van der Waals surface area (Å²) in [5.41, 5.74) is 0.532. The van der Waals surface area contributed by atoms with Crippen LogP contribution in [0.4, 0.5) is 0 Å². The molecule has 1 N–H and O–H groups in total. The maximum absolute atomic E-state index is 12.7. The molecule has 1 aliphatic rings. The Morgan fingerprint density at radius 2 is 1.70 bits per heavy atom. The third-order valence-corrected chi connectivity index (χ3v) is 4.77. The van der Waals surface area contributed by atoms with Gasteiger partial charge in [0.1, 0.15) is 0 Å². The molecule has 0 radical (unpaired) electrons. The van der Waals surface area contributed by atoms with E-state index >= 15 is 0 Å². The molecule has 1 unspecified atom stereocenters. The highest BCUT2D eigenvalue weighted by atomic mass is 16.5. The number of hydrogen-bond acceptors (Lipinski definition) is 5. The Hall–Kier alpha value is -1.95. The van der Waals surface area contributed by atoms with Crippen molar-refractivity contribution in [3.05, 3.63) is 17.7 Å². The fraction of sp³-hybridized carbons (Fsp3) is 0.667. The van der Waals surface area contributed by atoms with Gasteiger partial charge < -0.3 is 24.4 Å². The van der Waals surface area contributed by atoms with Gasteiger partial charge in [-0.3, -0.25) is 4.79 Å². The van der Waals surface area contributed by atoms with Crippen LogP contribution in [0, 0.1) is 5.92 Å². The highest BCUT2D eigenvalue weighted by Gasteiger charge is 2.25. The number of nitrogens with zero attached hydrogens (tertiary/aromatic N) is 1. The Morgan fingerprint density at radius 1 is 1.11 bits per heavy atom. The van der Waals surface area contributed by atoms with Crippen molar-refractivity contribution in [2.45, 2.75) is 47.1 Å². The Balaban J connectivity index is 2.10. The first-order chi connectivity index (χ1) is 13.0. The molecular formula is C21H34N2O4. The summed E-state index contributed by atoms with van der Waals surface area (Å²) < 4.78 is 17.1. The van der Waals surface area contributed by atoms with Crippen LogP contribution in [-0.4, -0.2) is 56.3 Å². The fourth-order valence-corrected chi connectivity index (χ4v) is 3.36. The topological polar surface area (TPSA) is 60.0 Å². The van der Waals surface area contributed by atoms with Crippen LogP contribution in [0.1, 0.15) is 51.4 Å². The third-order valence-electron chi connectivity index (χ3n) is 4.77. The van der Waals surface area contributed by atoms with Gasteiger partial charge in [-0.15, -0.1) is 0 Å². The summed E-state index contributed by atoms with van der Waals surface area (Å²) in [5.74, 6) is 2.03. The molecule has 27 heavy (non-hydrogen) atoms. The van der Waals surface area contributed by atoms with Gasteiger partial charge in [0.25, 0.3) is 5.91 Å². The van der Waals surface area contributed by atoms with Gasteiger partial charge in [-0.25, -0.2) is 0 Å². The lowest BCUT2D eigenvalue weighted by atomic mass is 10.1. The summed E-state index contributed by atoms with van der Waals surface area (Å²) in [6.07, 6.45) is 1.12. The lowest BCUT2D eigenvalue weighted by molar-refractivity contribution is 0.0946. The van der Waals surface area contributed by atoms with Crippen molar-refractivity contribution in [3.8, 4) is 17.2 Å². The minimum absolute atomic E-state index is 0.108. The molecule has 1 fully saturated rings. The maximum Gasteiger partial charge on any atom is 0.251 e. The van der Waals surface area contributed by atoms with Crippen LogP contribution < -0.4 is 19.5 Å². The molecule has 1 heterocycles. The summed E-state index contributed by atoms with van der Waals surface area (Å²) in [7, 11) is 0. The largest absolute Gasteiger partial charge is 0.490 e. The lowest BCUT2D eigenvalue weighted by Gasteiger charge is -2.20. The molecule has 0 spiro atoms. The molecule has 0 aromatic heterocycles. The van der Waals surface area contributed by atoms with Gasteiger partial charge in [0, 0.05) is 24.7 Å². The number of amides is 1. The average Bonchev–Trinajstić information content (AvgIpc) is 3.12. The molecule has 1 saturated heterocycles. The normalized spacial score (nSPS) is 17.2. The molecule has 0 aliphatic carbocycles. The molecule has 0 saturated carbocycles. The van der Waals surface area contributed by atoms with E-state index in [2.05, 4.69) is 24.1 Å². The van der Waals surface area contributed by atoms with E-state index in [1.54, 1.807) is 12.1 Å². The average molecular weight is 379 g/mol. The molecule has 2 rings (SSSR count). The second kappa shape index (κ2) is 10.4. The van der Waals surface area contributed by atoms with E-state index in [0.29, 0.717) is 61.1 Å². The number of carbonyl (C=O) groups is 1. The summed E-state index contributed by atoms with van der Waals surface area (Å²) >= 11 is 0. The number of hydrogen-bond donors (Lipinski definition) is 1. The zero-order valence-electron chi connectivity index (χ0n) is 17.3. The second-order valence-corrected chi connectivity index (χ2v) is 7.05. The molecule has 1 aromatic carbocycles. The SMILES string of the molecule is CCOc1cc(C(=O)NCC2CCN(C(C)C)C2)cc(OCC)c1OCC. The number of likely N-dealkylation sites (tertiary alicyclic amines) is 1. The van der Waals surface area contributed by atoms with Gasteiger partial charge >= 0.3 is 0 Å². The predicted octanol–water partition coefficient (Wildman–Crippen LogP) is 3.34. The van der Waals surface area contributed by atoms with E-state index < -0.39 is 0 Å². The monoisotopic (exact) mass is 378 g/mol. The van der Waals surface area contributed by atoms with E-state index in [-0.39, 0.29) is 5.91 Å². The van der Waals surface area contributed by atoms with Gasteiger partial charge in [-0.2, -0.15) is 0 Å². The van der Waals surface area contributed by atoms with E-state index in [0.717, 1.165) is 19.5 Å². The highest BCUT2D eigenvalue weighted by molar-refractivity contribution is 5.95. The summed E-state index contributed by atoms with van der Waals surface area (Å²) in [6, 6.07) is 4.03. The van der Waals surface area contributed by atoms with Crippen LogP contribution in [0.15, 0.2) is 12.1 Å². The van der Waals surface area contributed by atoms with Crippen molar-refractivity contribution in [3.63, 3.8) is 0 Å². The first kappa shape index (κ1) is 21.4. The highest BCUT2D eigenvalue weighted by Crippen LogP contribution is 2.39. The van der Waals surface area contributed by atoms with Crippen LogP contribution in [0.5, 0.6) is 17.2 Å². The van der Waals surface area contributed by atoms with Gasteiger partial charge in [-0.1, -0.05) is 0 Å². The molecule has 152 valence electrons. The molecule has 1 amide bonds. The Bertz CT molecular complexity index is 591. The number of rotatable bonds is 10. The molecule has 6 heteroatoms. The minimum atomic E-state index is -0.108. The molecule has 6 nitrogen and oxygen atoms in total. The predicted molar refractivity (Wildman–Crippen MR) is 107 cm³/mol. The molecule has 1 atom stereocenters. The quantitative estimate of drug-likeness (QED) is 0.677. The van der Waals surface area contributed by atoms with Crippen molar-refractivity contribution in [2.24, 2.45) is 5.92 Å². The molecular weight excluding hydrogens is 344 g/mol. The van der Waals surface area contributed by atoms with Crippen molar-refractivity contribution in [1.29, 1.82) is 0 Å². The molecule has 1 aromatic rings. The molecule has 1 aliphatic heterocycles. The van der Waals surface area contributed by atoms with E-state index in [4.69, 9.17) is 14.2 Å². The summed E-state index contributed by atoms with van der Waals surface area (Å²) in [4.78, 5) is 15.2. The van der Waals surface area contributed by atoms with E-state index in [1.165, 1.54) is 0 Å². The minimum Gasteiger partial charge on any atom is -0.490 e.